The number of alkyl halides is 6. The number of hydrogen-bond acceptors (Lipinski definition) is 5. The van der Waals surface area contributed by atoms with Crippen LogP contribution in [0.15, 0.2) is 77.2 Å². The lowest BCUT2D eigenvalue weighted by Crippen LogP contribution is -2.62. The fourth-order valence-corrected chi connectivity index (χ4v) is 5.87. The second-order valence-corrected chi connectivity index (χ2v) is 11.0. The number of benzene rings is 2. The first-order valence-electron chi connectivity index (χ1n) is 12.4. The Bertz CT molecular complexity index is 1490. The van der Waals surface area contributed by atoms with Gasteiger partial charge in [-0.3, -0.25) is 9.80 Å². The summed E-state index contributed by atoms with van der Waals surface area (Å²) in [4.78, 5) is 15.0. The molecule has 1 amide bonds. The number of anilines is 1. The van der Waals surface area contributed by atoms with Crippen LogP contribution in [-0.2, 0) is 0 Å². The average Bonchev–Trinajstić information content (AvgIpc) is 3.63. The average molecular weight is 614 g/mol. The van der Waals surface area contributed by atoms with Crippen molar-refractivity contribution in [3.8, 4) is 0 Å². The molecule has 2 aliphatic heterocycles. The zero-order chi connectivity index (χ0) is 29.6. The van der Waals surface area contributed by atoms with Crippen LogP contribution in [0.3, 0.4) is 0 Å². The number of carbonyl (C=O) groups excluding carboxylic acids is 1. The van der Waals surface area contributed by atoms with Crippen LogP contribution < -0.4 is 5.01 Å². The van der Waals surface area contributed by atoms with Crippen LogP contribution in [0.4, 0.5) is 32.0 Å². The van der Waals surface area contributed by atoms with E-state index in [0.717, 1.165) is 10.6 Å². The fraction of sp³-hybridized carbons (Fsp3) is 0.286. The molecular weight excluding hydrogens is 592 g/mol. The molecule has 1 atom stereocenters. The molecular formula is C28H22ClF6N3O2S. The molecule has 3 heterocycles. The predicted molar refractivity (Wildman–Crippen MR) is 145 cm³/mol. The highest BCUT2D eigenvalue weighted by molar-refractivity contribution is 7.12. The number of hydrogen-bond donors (Lipinski definition) is 1. The van der Waals surface area contributed by atoms with Crippen molar-refractivity contribution < 1.29 is 36.2 Å². The summed E-state index contributed by atoms with van der Waals surface area (Å²) in [6, 6.07) is 15.1. The number of rotatable bonds is 5. The van der Waals surface area contributed by atoms with Crippen molar-refractivity contribution in [1.29, 1.82) is 0 Å². The molecule has 5 nitrogen and oxygen atoms in total. The second kappa shape index (κ2) is 10.8. The van der Waals surface area contributed by atoms with E-state index in [1.807, 2.05) is 11.5 Å². The van der Waals surface area contributed by atoms with Gasteiger partial charge >= 0.3 is 12.4 Å². The summed E-state index contributed by atoms with van der Waals surface area (Å²) in [6.07, 6.45) is -10.6. The zero-order valence-electron chi connectivity index (χ0n) is 21.1. The van der Waals surface area contributed by atoms with Gasteiger partial charge in [0.05, 0.1) is 27.3 Å². The van der Waals surface area contributed by atoms with Gasteiger partial charge in [-0.25, -0.2) is 0 Å². The first-order chi connectivity index (χ1) is 19.3. The summed E-state index contributed by atoms with van der Waals surface area (Å²) >= 11 is 7.62. The molecule has 0 spiro atoms. The number of halogens is 7. The largest absolute Gasteiger partial charge is 0.431 e. The van der Waals surface area contributed by atoms with E-state index in [4.69, 9.17) is 11.6 Å². The SMILES string of the molecule is O=C(c1cccs1)N1CC=C(c2cccc(C3CC(C(O)(C(F)(F)F)C(F)(F)F)=NN3c3ccccc3Cl)c2)CC1. The molecule has 1 unspecified atom stereocenters. The molecule has 0 fully saturated rings. The van der Waals surface area contributed by atoms with Gasteiger partial charge in [0.1, 0.15) is 0 Å². The fourth-order valence-electron chi connectivity index (χ4n) is 4.95. The molecule has 2 aliphatic rings. The number of para-hydroxylation sites is 1. The quantitative estimate of drug-likeness (QED) is 0.303. The Morgan fingerprint density at radius 2 is 1.73 bits per heavy atom. The third-order valence-electron chi connectivity index (χ3n) is 7.12. The normalized spacial score (nSPS) is 18.4. The molecule has 0 radical (unpaired) electrons. The topological polar surface area (TPSA) is 56.1 Å². The molecule has 0 saturated carbocycles. The first-order valence-corrected chi connectivity index (χ1v) is 13.7. The first kappa shape index (κ1) is 29.2. The smallest absolute Gasteiger partial charge is 0.369 e. The Hall–Kier alpha value is -3.35. The van der Waals surface area contributed by atoms with Gasteiger partial charge in [0.2, 0.25) is 0 Å². The number of amides is 1. The van der Waals surface area contributed by atoms with Gasteiger partial charge in [-0.2, -0.15) is 31.4 Å². The minimum absolute atomic E-state index is 0.0618. The number of thiophene rings is 1. The van der Waals surface area contributed by atoms with Crippen LogP contribution in [0.1, 0.15) is 39.7 Å². The van der Waals surface area contributed by atoms with E-state index in [1.165, 1.54) is 29.5 Å². The zero-order valence-corrected chi connectivity index (χ0v) is 22.7. The number of aliphatic hydroxyl groups is 1. The van der Waals surface area contributed by atoms with Crippen molar-refractivity contribution in [3.63, 3.8) is 0 Å². The molecule has 216 valence electrons. The van der Waals surface area contributed by atoms with Crippen LogP contribution in [0.25, 0.3) is 5.57 Å². The molecule has 0 aliphatic carbocycles. The predicted octanol–water partition coefficient (Wildman–Crippen LogP) is 7.49. The highest BCUT2D eigenvalue weighted by Gasteiger charge is 2.74. The standard InChI is InChI=1S/C28H22ClF6N3O2S/c29-20-7-1-2-8-21(20)38-22(16-24(36-38)26(40,27(30,31)32)28(33,34)35)19-6-3-5-18(15-19)17-10-12-37(13-11-17)25(39)23-9-4-14-41-23/h1-10,14-15,22,40H,11-13,16H2. The Morgan fingerprint density at radius 1 is 1.00 bits per heavy atom. The van der Waals surface area contributed by atoms with Crippen molar-refractivity contribution in [1.82, 2.24) is 4.90 Å². The number of hydrazone groups is 1. The highest BCUT2D eigenvalue weighted by Crippen LogP contribution is 2.49. The van der Waals surface area contributed by atoms with Crippen LogP contribution in [0.5, 0.6) is 0 Å². The van der Waals surface area contributed by atoms with Crippen molar-refractivity contribution in [2.45, 2.75) is 36.8 Å². The molecule has 13 heteroatoms. The van der Waals surface area contributed by atoms with Gasteiger partial charge in [-0.15, -0.1) is 11.3 Å². The summed E-state index contributed by atoms with van der Waals surface area (Å²) in [7, 11) is 0. The van der Waals surface area contributed by atoms with Gasteiger partial charge in [0, 0.05) is 19.5 Å². The molecule has 41 heavy (non-hydrogen) atoms. The monoisotopic (exact) mass is 613 g/mol. The van der Waals surface area contributed by atoms with Gasteiger partial charge in [-0.1, -0.05) is 54.1 Å². The maximum atomic E-state index is 13.7. The molecule has 1 aromatic heterocycles. The van der Waals surface area contributed by atoms with Crippen LogP contribution in [-0.4, -0.2) is 52.7 Å². The van der Waals surface area contributed by atoms with E-state index in [0.29, 0.717) is 35.5 Å². The van der Waals surface area contributed by atoms with Crippen LogP contribution in [0, 0.1) is 0 Å². The van der Waals surface area contributed by atoms with E-state index in [9.17, 15) is 36.2 Å². The van der Waals surface area contributed by atoms with Crippen molar-refractivity contribution in [2.24, 2.45) is 5.10 Å². The summed E-state index contributed by atoms with van der Waals surface area (Å²) in [5.41, 5.74) is -4.56. The lowest BCUT2D eigenvalue weighted by Gasteiger charge is -2.32. The molecule has 0 bridgehead atoms. The number of carbonyl (C=O) groups is 1. The second-order valence-electron chi connectivity index (χ2n) is 9.60. The highest BCUT2D eigenvalue weighted by atomic mass is 35.5. The maximum Gasteiger partial charge on any atom is 0.431 e. The lowest BCUT2D eigenvalue weighted by atomic mass is 9.88. The van der Waals surface area contributed by atoms with Crippen LogP contribution >= 0.6 is 22.9 Å². The van der Waals surface area contributed by atoms with E-state index >= 15 is 0 Å². The van der Waals surface area contributed by atoms with Gasteiger partial charge < -0.3 is 10.0 Å². The summed E-state index contributed by atoms with van der Waals surface area (Å²) < 4.78 is 82.5. The molecule has 0 saturated heterocycles. The molecule has 2 aromatic carbocycles. The third-order valence-corrected chi connectivity index (χ3v) is 8.30. The van der Waals surface area contributed by atoms with Crippen LogP contribution in [0.2, 0.25) is 5.02 Å². The van der Waals surface area contributed by atoms with E-state index in [1.54, 1.807) is 47.4 Å². The summed E-state index contributed by atoms with van der Waals surface area (Å²) in [5.74, 6) is -0.0862. The van der Waals surface area contributed by atoms with Crippen molar-refractivity contribution in [2.75, 3.05) is 18.1 Å². The number of nitrogens with zero attached hydrogens (tertiary/aromatic N) is 3. The Labute approximate surface area is 240 Å². The minimum atomic E-state index is -6.06. The summed E-state index contributed by atoms with van der Waals surface area (Å²) in [5, 5.41) is 16.7. The Balaban J connectivity index is 1.48. The van der Waals surface area contributed by atoms with Gasteiger partial charge in [-0.05, 0) is 52.8 Å². The lowest BCUT2D eigenvalue weighted by molar-refractivity contribution is -0.338. The van der Waals surface area contributed by atoms with Gasteiger partial charge in [0.15, 0.2) is 0 Å². The van der Waals surface area contributed by atoms with E-state index in [-0.39, 0.29) is 16.6 Å². The molecule has 3 aromatic rings. The van der Waals surface area contributed by atoms with Gasteiger partial charge in [0.25, 0.3) is 11.5 Å². The molecule has 5 rings (SSSR count). The van der Waals surface area contributed by atoms with E-state index in [2.05, 4.69) is 5.10 Å². The van der Waals surface area contributed by atoms with Crippen molar-refractivity contribution in [3.05, 3.63) is 93.1 Å². The third kappa shape index (κ3) is 5.35. The maximum absolute atomic E-state index is 13.7. The molecule has 1 N–H and O–H groups in total. The van der Waals surface area contributed by atoms with E-state index < -0.39 is 36.1 Å². The minimum Gasteiger partial charge on any atom is -0.369 e. The summed E-state index contributed by atoms with van der Waals surface area (Å²) in [6.45, 7) is 0.794. The Morgan fingerprint density at radius 3 is 2.34 bits per heavy atom. The van der Waals surface area contributed by atoms with Crippen molar-refractivity contribution >= 4 is 45.8 Å². The Kier molecular flexibility index (Phi) is 7.68.